The van der Waals surface area contributed by atoms with Crippen LogP contribution < -0.4 is 0 Å². The van der Waals surface area contributed by atoms with Crippen molar-refractivity contribution in [1.82, 2.24) is 0 Å². The Kier molecular flexibility index (Phi) is 0.859. The van der Waals surface area contributed by atoms with Crippen LogP contribution in [0.2, 0.25) is 0 Å². The van der Waals surface area contributed by atoms with Crippen molar-refractivity contribution in [3.8, 4) is 0 Å². The van der Waals surface area contributed by atoms with E-state index in [4.69, 9.17) is 5.53 Å². The van der Waals surface area contributed by atoms with Crippen molar-refractivity contribution in [2.45, 2.75) is 32.1 Å². The van der Waals surface area contributed by atoms with Crippen molar-refractivity contribution < 1.29 is 4.79 Å². The van der Waals surface area contributed by atoms with Gasteiger partial charge in [-0.3, -0.25) is 0 Å². The molecule has 1 spiro atoms. The van der Waals surface area contributed by atoms with Gasteiger partial charge in [-0.2, -0.15) is 4.79 Å². The molecule has 3 rings (SSSR count). The third kappa shape index (κ3) is 0.519. The Morgan fingerprint density at radius 1 is 1.36 bits per heavy atom. The molecule has 3 aliphatic carbocycles. The summed E-state index contributed by atoms with van der Waals surface area (Å²) >= 11 is 0. The molecule has 0 saturated heterocycles. The highest BCUT2D eigenvalue weighted by atomic mass is 14.9. The van der Waals surface area contributed by atoms with Gasteiger partial charge in [-0.25, -0.2) is 0 Å². The predicted molar refractivity (Wildman–Crippen MR) is 41.1 cm³/mol. The summed E-state index contributed by atoms with van der Waals surface area (Å²) in [5, 5.41) is 0. The standard InChI is InChI=1S/C9H12N2/c10-11-8-5-6-1-2-7(8)9(6)3-4-9/h6-7H,1-5H2/t6-,7+/m1/s1. The Hall–Kier alpha value is -0.620. The second kappa shape index (κ2) is 1.59. The minimum absolute atomic E-state index is 0.654. The lowest BCUT2D eigenvalue weighted by Gasteiger charge is -2.07. The molecule has 58 valence electrons. The highest BCUT2D eigenvalue weighted by Gasteiger charge is 2.67. The molecule has 2 nitrogen and oxygen atoms in total. The highest BCUT2D eigenvalue weighted by molar-refractivity contribution is 5.87. The van der Waals surface area contributed by atoms with Gasteiger partial charge in [-0.1, -0.05) is 0 Å². The Balaban J connectivity index is 2.08. The number of hydrogen-bond donors (Lipinski definition) is 0. The van der Waals surface area contributed by atoms with E-state index in [0.717, 1.165) is 18.1 Å². The van der Waals surface area contributed by atoms with Gasteiger partial charge >= 0.3 is 0 Å². The molecular formula is C9H12N2. The maximum atomic E-state index is 8.74. The molecule has 3 fully saturated rings. The van der Waals surface area contributed by atoms with Crippen LogP contribution >= 0.6 is 0 Å². The van der Waals surface area contributed by atoms with Gasteiger partial charge in [0.15, 0.2) is 0 Å². The van der Waals surface area contributed by atoms with Crippen molar-refractivity contribution >= 4 is 5.71 Å². The van der Waals surface area contributed by atoms with Crippen LogP contribution in [-0.4, -0.2) is 10.5 Å². The fourth-order valence-electron chi connectivity index (χ4n) is 3.44. The van der Waals surface area contributed by atoms with Crippen LogP contribution in [0, 0.1) is 17.3 Å². The van der Waals surface area contributed by atoms with Gasteiger partial charge in [-0.05, 0) is 37.0 Å². The third-order valence-electron chi connectivity index (χ3n) is 4.12. The first-order valence-electron chi connectivity index (χ1n) is 4.58. The maximum Gasteiger partial charge on any atom is 0.272 e. The molecule has 0 aromatic rings. The lowest BCUT2D eigenvalue weighted by Crippen LogP contribution is -2.12. The molecule has 0 aromatic heterocycles. The van der Waals surface area contributed by atoms with Crippen LogP contribution in [0.4, 0.5) is 0 Å². The Morgan fingerprint density at radius 3 is 2.64 bits per heavy atom. The van der Waals surface area contributed by atoms with Crippen LogP contribution in [-0.2, 0) is 0 Å². The lowest BCUT2D eigenvalue weighted by molar-refractivity contribution is -0.0154. The number of nitrogens with zero attached hydrogens (tertiary/aromatic N) is 2. The van der Waals surface area contributed by atoms with E-state index >= 15 is 0 Å². The molecule has 0 heterocycles. The van der Waals surface area contributed by atoms with E-state index in [1.54, 1.807) is 0 Å². The fraction of sp³-hybridized carbons (Fsp3) is 0.889. The first-order chi connectivity index (χ1) is 5.37. The normalized spacial score (nSPS) is 43.1. The van der Waals surface area contributed by atoms with E-state index in [2.05, 4.69) is 4.79 Å². The van der Waals surface area contributed by atoms with Crippen molar-refractivity contribution in [2.75, 3.05) is 0 Å². The fourth-order valence-corrected chi connectivity index (χ4v) is 3.44. The van der Waals surface area contributed by atoms with Gasteiger partial charge in [-0.15, -0.1) is 0 Å². The van der Waals surface area contributed by atoms with Crippen LogP contribution in [0.3, 0.4) is 0 Å². The highest BCUT2D eigenvalue weighted by Crippen LogP contribution is 2.69. The number of rotatable bonds is 0. The summed E-state index contributed by atoms with van der Waals surface area (Å²) in [6.45, 7) is 0. The smallest absolute Gasteiger partial charge is 0.272 e. The van der Waals surface area contributed by atoms with Gasteiger partial charge in [0.05, 0.1) is 5.92 Å². The Labute approximate surface area is 66.2 Å². The second-order valence-corrected chi connectivity index (χ2v) is 4.36. The Bertz CT molecular complexity index is 259. The molecule has 0 radical (unpaired) electrons. The van der Waals surface area contributed by atoms with E-state index in [0.29, 0.717) is 11.3 Å². The monoisotopic (exact) mass is 148 g/mol. The summed E-state index contributed by atoms with van der Waals surface area (Å²) in [7, 11) is 0. The first kappa shape index (κ1) is 5.96. The molecule has 11 heavy (non-hydrogen) atoms. The van der Waals surface area contributed by atoms with Gasteiger partial charge < -0.3 is 5.53 Å². The van der Waals surface area contributed by atoms with E-state index in [9.17, 15) is 0 Å². The minimum atomic E-state index is 0.654. The van der Waals surface area contributed by atoms with Crippen LogP contribution in [0.25, 0.3) is 5.53 Å². The molecule has 0 N–H and O–H groups in total. The zero-order valence-corrected chi connectivity index (χ0v) is 6.58. The van der Waals surface area contributed by atoms with E-state index in [1.807, 2.05) is 0 Å². The zero-order valence-electron chi connectivity index (χ0n) is 6.58. The summed E-state index contributed by atoms with van der Waals surface area (Å²) in [5.41, 5.74) is 10.5. The topological polar surface area (TPSA) is 36.4 Å². The summed E-state index contributed by atoms with van der Waals surface area (Å²) in [6, 6.07) is 0. The van der Waals surface area contributed by atoms with Crippen molar-refractivity contribution in [3.05, 3.63) is 5.53 Å². The van der Waals surface area contributed by atoms with Gasteiger partial charge in [0.1, 0.15) is 0 Å². The van der Waals surface area contributed by atoms with E-state index in [1.165, 1.54) is 25.7 Å². The lowest BCUT2D eigenvalue weighted by atomic mass is 9.94. The van der Waals surface area contributed by atoms with Crippen molar-refractivity contribution in [2.24, 2.45) is 17.3 Å². The molecule has 0 aromatic carbocycles. The molecule has 0 aliphatic heterocycles. The van der Waals surface area contributed by atoms with Gasteiger partial charge in [0.2, 0.25) is 0 Å². The predicted octanol–water partition coefficient (Wildman–Crippen LogP) is 1.87. The SMILES string of the molecule is [N-]=[N+]=C1C[C@H]2CC[C@@H]1C21CC1. The maximum absolute atomic E-state index is 8.74. The summed E-state index contributed by atoms with van der Waals surface area (Å²) in [4.78, 5) is 3.42. The third-order valence-corrected chi connectivity index (χ3v) is 4.12. The molecule has 0 unspecified atom stereocenters. The Morgan fingerprint density at radius 2 is 2.18 bits per heavy atom. The van der Waals surface area contributed by atoms with Gasteiger partial charge in [0, 0.05) is 6.42 Å². The summed E-state index contributed by atoms with van der Waals surface area (Å²) in [5.74, 6) is 1.57. The van der Waals surface area contributed by atoms with Gasteiger partial charge in [0.25, 0.3) is 5.71 Å². The molecule has 3 aliphatic rings. The summed E-state index contributed by atoms with van der Waals surface area (Å²) < 4.78 is 0. The van der Waals surface area contributed by atoms with Crippen molar-refractivity contribution in [3.63, 3.8) is 0 Å². The molecule has 2 atom stereocenters. The first-order valence-corrected chi connectivity index (χ1v) is 4.58. The molecule has 2 heteroatoms. The van der Waals surface area contributed by atoms with Crippen LogP contribution in [0.1, 0.15) is 32.1 Å². The quantitative estimate of drug-likeness (QED) is 0.371. The van der Waals surface area contributed by atoms with Crippen molar-refractivity contribution in [1.29, 1.82) is 0 Å². The van der Waals surface area contributed by atoms with E-state index in [-0.39, 0.29) is 0 Å². The molecule has 2 bridgehead atoms. The van der Waals surface area contributed by atoms with E-state index < -0.39 is 0 Å². The largest absolute Gasteiger partial charge is 0.362 e. The van der Waals surface area contributed by atoms with Crippen LogP contribution in [0.15, 0.2) is 0 Å². The summed E-state index contributed by atoms with van der Waals surface area (Å²) in [6.07, 6.45) is 6.59. The molecule has 0 amide bonds. The number of hydrogen-bond acceptors (Lipinski definition) is 0. The molecular weight excluding hydrogens is 136 g/mol. The average molecular weight is 148 g/mol. The average Bonchev–Trinajstić information content (AvgIpc) is 2.69. The molecule has 3 saturated carbocycles. The zero-order chi connectivity index (χ0) is 7.47. The second-order valence-electron chi connectivity index (χ2n) is 4.36. The van der Waals surface area contributed by atoms with Crippen LogP contribution in [0.5, 0.6) is 0 Å². The minimum Gasteiger partial charge on any atom is -0.362 e.